The van der Waals surface area contributed by atoms with E-state index in [4.69, 9.17) is 5.11 Å². The van der Waals surface area contributed by atoms with Gasteiger partial charge in [0.15, 0.2) is 0 Å². The number of carboxylic acids is 1. The van der Waals surface area contributed by atoms with Gasteiger partial charge in [-0.15, -0.1) is 0 Å². The second-order valence-electron chi connectivity index (χ2n) is 3.83. The summed E-state index contributed by atoms with van der Waals surface area (Å²) in [5, 5.41) is 11.2. The first-order valence-corrected chi connectivity index (χ1v) is 5.47. The lowest BCUT2D eigenvalue weighted by Gasteiger charge is -2.13. The van der Waals surface area contributed by atoms with Crippen LogP contribution < -0.4 is 5.32 Å². The van der Waals surface area contributed by atoms with E-state index in [0.29, 0.717) is 0 Å². The van der Waals surface area contributed by atoms with Crippen molar-refractivity contribution in [1.82, 2.24) is 10.3 Å². The molecule has 1 heterocycles. The Balaban J connectivity index is 2.73. The highest BCUT2D eigenvalue weighted by Gasteiger charge is 2.24. The molecule has 0 aliphatic rings. The number of aliphatic carboxylic acids is 1. The number of aryl methyl sites for hydroxylation is 1. The molecule has 1 amide bonds. The molecular weight excluding hydrogens is 252 g/mol. The maximum absolute atomic E-state index is 11.8. The van der Waals surface area contributed by atoms with Crippen LogP contribution in [0.1, 0.15) is 22.5 Å². The van der Waals surface area contributed by atoms with Gasteiger partial charge in [-0.25, -0.2) is 4.79 Å². The van der Waals surface area contributed by atoms with Crippen molar-refractivity contribution in [3.8, 4) is 0 Å². The first kappa shape index (κ1) is 14.6. The fraction of sp³-hybridized carbons (Fsp3) is 0.333. The summed E-state index contributed by atoms with van der Waals surface area (Å²) in [7, 11) is 1.15. The van der Waals surface area contributed by atoms with Crippen LogP contribution in [0.5, 0.6) is 0 Å². The highest BCUT2D eigenvalue weighted by Crippen LogP contribution is 2.02. The predicted octanol–water partition coefficient (Wildman–Crippen LogP) is 0.136. The molecule has 0 radical (unpaired) electrons. The summed E-state index contributed by atoms with van der Waals surface area (Å²) in [5.74, 6) is -2.63. The molecule has 0 aromatic carbocycles. The van der Waals surface area contributed by atoms with Gasteiger partial charge in [-0.2, -0.15) is 0 Å². The van der Waals surface area contributed by atoms with Crippen molar-refractivity contribution in [1.29, 1.82) is 0 Å². The molecule has 0 aliphatic carbocycles. The van der Waals surface area contributed by atoms with Gasteiger partial charge in [0.05, 0.1) is 19.1 Å². The minimum absolute atomic E-state index is 0.224. The molecule has 7 nitrogen and oxygen atoms in total. The number of hydrogen-bond acceptors (Lipinski definition) is 5. The monoisotopic (exact) mass is 266 g/mol. The number of aromatic nitrogens is 1. The number of nitrogens with one attached hydrogen (secondary N) is 1. The van der Waals surface area contributed by atoms with Crippen LogP contribution in [-0.2, 0) is 14.3 Å². The summed E-state index contributed by atoms with van der Waals surface area (Å²) < 4.78 is 4.37. The summed E-state index contributed by atoms with van der Waals surface area (Å²) in [6.07, 6.45) is 0.901. The molecule has 0 fully saturated rings. The van der Waals surface area contributed by atoms with Crippen LogP contribution in [-0.4, -0.2) is 41.1 Å². The van der Waals surface area contributed by atoms with Gasteiger partial charge in [0, 0.05) is 11.9 Å². The van der Waals surface area contributed by atoms with Crippen LogP contribution >= 0.6 is 0 Å². The molecule has 1 rings (SSSR count). The quantitative estimate of drug-likeness (QED) is 0.734. The molecule has 19 heavy (non-hydrogen) atoms. The standard InChI is InChI=1S/C12H14N2O5/c1-7-3-4-8(6-13-7)11(16)14-9(12(17)18)5-10(15)19-2/h3-4,6,9H,5H2,1-2H3,(H,14,16)(H,17,18)/t9-/m0/s1. The number of ether oxygens (including phenoxy) is 1. The molecule has 2 N–H and O–H groups in total. The Kier molecular flexibility index (Phi) is 4.99. The number of carbonyl (C=O) groups excluding carboxylic acids is 2. The Bertz CT molecular complexity index is 483. The van der Waals surface area contributed by atoms with E-state index >= 15 is 0 Å². The average molecular weight is 266 g/mol. The van der Waals surface area contributed by atoms with Gasteiger partial charge in [0.1, 0.15) is 6.04 Å². The second kappa shape index (κ2) is 6.48. The molecule has 1 atom stereocenters. The van der Waals surface area contributed by atoms with Crippen LogP contribution in [0.25, 0.3) is 0 Å². The molecule has 0 saturated heterocycles. The Morgan fingerprint density at radius 2 is 2.11 bits per heavy atom. The van der Waals surface area contributed by atoms with Gasteiger partial charge in [-0.1, -0.05) is 0 Å². The van der Waals surface area contributed by atoms with Crippen molar-refractivity contribution in [2.45, 2.75) is 19.4 Å². The SMILES string of the molecule is COC(=O)C[C@H](NC(=O)c1ccc(C)nc1)C(=O)O. The zero-order valence-electron chi connectivity index (χ0n) is 10.5. The van der Waals surface area contributed by atoms with Gasteiger partial charge in [-0.3, -0.25) is 14.6 Å². The lowest BCUT2D eigenvalue weighted by atomic mass is 10.2. The Labute approximate surface area is 109 Å². The summed E-state index contributed by atoms with van der Waals surface area (Å²) in [6.45, 7) is 1.76. The predicted molar refractivity (Wildman–Crippen MR) is 64.5 cm³/mol. The number of carbonyl (C=O) groups is 3. The van der Waals surface area contributed by atoms with E-state index in [-0.39, 0.29) is 5.56 Å². The third-order valence-electron chi connectivity index (χ3n) is 2.38. The normalized spacial score (nSPS) is 11.5. The number of carboxylic acid groups (broad SMARTS) is 1. The lowest BCUT2D eigenvalue weighted by Crippen LogP contribution is -2.42. The van der Waals surface area contributed by atoms with Gasteiger partial charge in [0.25, 0.3) is 5.91 Å². The maximum atomic E-state index is 11.8. The second-order valence-corrected chi connectivity index (χ2v) is 3.83. The summed E-state index contributed by atoms with van der Waals surface area (Å²) in [6, 6.07) is 1.82. The van der Waals surface area contributed by atoms with E-state index in [0.717, 1.165) is 12.8 Å². The largest absolute Gasteiger partial charge is 0.480 e. The zero-order chi connectivity index (χ0) is 14.4. The smallest absolute Gasteiger partial charge is 0.326 e. The molecule has 102 valence electrons. The molecule has 1 aromatic heterocycles. The number of rotatable bonds is 5. The third-order valence-corrected chi connectivity index (χ3v) is 2.38. The lowest BCUT2D eigenvalue weighted by molar-refractivity contribution is -0.147. The van der Waals surface area contributed by atoms with Crippen LogP contribution in [0.2, 0.25) is 0 Å². The number of methoxy groups -OCH3 is 1. The van der Waals surface area contributed by atoms with Gasteiger partial charge in [-0.05, 0) is 19.1 Å². The number of pyridine rings is 1. The Morgan fingerprint density at radius 3 is 2.58 bits per heavy atom. The number of hydrogen-bond donors (Lipinski definition) is 2. The average Bonchev–Trinajstić information content (AvgIpc) is 2.38. The fourth-order valence-corrected chi connectivity index (χ4v) is 1.29. The van der Waals surface area contributed by atoms with Crippen molar-refractivity contribution in [3.05, 3.63) is 29.6 Å². The first-order valence-electron chi connectivity index (χ1n) is 5.47. The van der Waals surface area contributed by atoms with E-state index in [2.05, 4.69) is 15.0 Å². The van der Waals surface area contributed by atoms with Crippen molar-refractivity contribution in [2.75, 3.05) is 7.11 Å². The van der Waals surface area contributed by atoms with E-state index in [1.807, 2.05) is 0 Å². The van der Waals surface area contributed by atoms with Crippen LogP contribution in [0.4, 0.5) is 0 Å². The highest BCUT2D eigenvalue weighted by molar-refractivity contribution is 5.97. The van der Waals surface area contributed by atoms with Crippen LogP contribution in [0.3, 0.4) is 0 Å². The Hall–Kier alpha value is -2.44. The molecule has 1 aromatic rings. The molecule has 0 bridgehead atoms. The molecule has 0 saturated carbocycles. The van der Waals surface area contributed by atoms with Gasteiger partial charge >= 0.3 is 11.9 Å². The van der Waals surface area contributed by atoms with E-state index in [9.17, 15) is 14.4 Å². The van der Waals surface area contributed by atoms with E-state index < -0.39 is 30.3 Å². The highest BCUT2D eigenvalue weighted by atomic mass is 16.5. The Morgan fingerprint density at radius 1 is 1.42 bits per heavy atom. The van der Waals surface area contributed by atoms with Crippen LogP contribution in [0, 0.1) is 6.92 Å². The summed E-state index contributed by atoms with van der Waals surface area (Å²) >= 11 is 0. The minimum atomic E-state index is -1.33. The number of amides is 1. The van der Waals surface area contributed by atoms with Gasteiger partial charge < -0.3 is 15.2 Å². The van der Waals surface area contributed by atoms with Crippen molar-refractivity contribution >= 4 is 17.8 Å². The van der Waals surface area contributed by atoms with Crippen molar-refractivity contribution in [3.63, 3.8) is 0 Å². The van der Waals surface area contributed by atoms with Crippen LogP contribution in [0.15, 0.2) is 18.3 Å². The number of esters is 1. The van der Waals surface area contributed by atoms with Crippen molar-refractivity contribution < 1.29 is 24.2 Å². The fourth-order valence-electron chi connectivity index (χ4n) is 1.29. The summed E-state index contributed by atoms with van der Waals surface area (Å²) in [5.41, 5.74) is 0.961. The topological polar surface area (TPSA) is 106 Å². The maximum Gasteiger partial charge on any atom is 0.326 e. The van der Waals surface area contributed by atoms with Gasteiger partial charge in [0.2, 0.25) is 0 Å². The molecule has 0 spiro atoms. The minimum Gasteiger partial charge on any atom is -0.480 e. The third kappa shape index (κ3) is 4.38. The molecule has 0 unspecified atom stereocenters. The molecular formula is C12H14N2O5. The molecule has 0 aliphatic heterocycles. The number of nitrogens with zero attached hydrogens (tertiary/aromatic N) is 1. The zero-order valence-corrected chi connectivity index (χ0v) is 10.5. The van der Waals surface area contributed by atoms with E-state index in [1.165, 1.54) is 12.3 Å². The van der Waals surface area contributed by atoms with Crippen molar-refractivity contribution in [2.24, 2.45) is 0 Å². The summed E-state index contributed by atoms with van der Waals surface area (Å²) in [4.78, 5) is 37.7. The molecule has 7 heteroatoms. The first-order chi connectivity index (χ1) is 8.93. The van der Waals surface area contributed by atoms with E-state index in [1.54, 1.807) is 13.0 Å².